The van der Waals surface area contributed by atoms with Gasteiger partial charge in [-0.3, -0.25) is 9.52 Å². The number of rotatable bonds is 3. The molecule has 0 saturated carbocycles. The van der Waals surface area contributed by atoms with Crippen molar-refractivity contribution in [3.63, 3.8) is 0 Å². The zero-order valence-electron chi connectivity index (χ0n) is 11.3. The Hall–Kier alpha value is -1.77. The molecule has 2 aromatic carbocycles. The van der Waals surface area contributed by atoms with Gasteiger partial charge in [0.15, 0.2) is 0 Å². The average molecular weight is 355 g/mol. The van der Waals surface area contributed by atoms with Crippen LogP contribution in [-0.4, -0.2) is 8.42 Å². The Kier molecular flexibility index (Phi) is 3.75. The van der Waals surface area contributed by atoms with Crippen molar-refractivity contribution in [2.45, 2.75) is 11.8 Å². The van der Waals surface area contributed by atoms with E-state index in [1.54, 1.807) is 19.1 Å². The Labute approximate surface area is 133 Å². The minimum Gasteiger partial charge on any atom is -0.277 e. The SMILES string of the molecule is Cc1cc2sc(=O)sc2cc1S(=O)(=O)Nc1ccccc1F. The van der Waals surface area contributed by atoms with Gasteiger partial charge in [-0.15, -0.1) is 0 Å². The molecule has 0 atom stereocenters. The van der Waals surface area contributed by atoms with Gasteiger partial charge in [0.2, 0.25) is 0 Å². The maximum atomic E-state index is 13.6. The van der Waals surface area contributed by atoms with Crippen molar-refractivity contribution in [1.29, 1.82) is 0 Å². The molecule has 0 aliphatic rings. The second-order valence-electron chi connectivity index (χ2n) is 4.60. The molecule has 0 spiro atoms. The topological polar surface area (TPSA) is 63.2 Å². The van der Waals surface area contributed by atoms with E-state index in [1.165, 1.54) is 24.3 Å². The van der Waals surface area contributed by atoms with Gasteiger partial charge in [-0.2, -0.15) is 0 Å². The van der Waals surface area contributed by atoms with Crippen molar-refractivity contribution < 1.29 is 12.8 Å². The highest BCUT2D eigenvalue weighted by molar-refractivity contribution is 7.92. The minimum atomic E-state index is -3.93. The maximum Gasteiger partial charge on any atom is 0.288 e. The van der Waals surface area contributed by atoms with Crippen LogP contribution in [0.3, 0.4) is 0 Å². The van der Waals surface area contributed by atoms with Gasteiger partial charge < -0.3 is 0 Å². The predicted octanol–water partition coefficient (Wildman–Crippen LogP) is 3.57. The van der Waals surface area contributed by atoms with Crippen LogP contribution in [0.25, 0.3) is 9.40 Å². The zero-order chi connectivity index (χ0) is 15.9. The van der Waals surface area contributed by atoms with E-state index in [-0.39, 0.29) is 14.6 Å². The van der Waals surface area contributed by atoms with Gasteiger partial charge in [-0.05, 0) is 36.8 Å². The van der Waals surface area contributed by atoms with E-state index >= 15 is 0 Å². The number of para-hydroxylation sites is 1. The highest BCUT2D eigenvalue weighted by Gasteiger charge is 2.20. The lowest BCUT2D eigenvalue weighted by molar-refractivity contribution is 0.598. The van der Waals surface area contributed by atoms with Gasteiger partial charge >= 0.3 is 0 Å². The first kappa shape index (κ1) is 15.1. The smallest absolute Gasteiger partial charge is 0.277 e. The molecule has 0 saturated heterocycles. The number of hydrogen-bond acceptors (Lipinski definition) is 5. The molecular formula is C14H10FNO3S3. The van der Waals surface area contributed by atoms with Gasteiger partial charge in [0.25, 0.3) is 14.1 Å². The first-order valence-corrected chi connectivity index (χ1v) is 9.30. The quantitative estimate of drug-likeness (QED) is 0.781. The van der Waals surface area contributed by atoms with Crippen LogP contribution in [0.15, 0.2) is 46.1 Å². The number of halogens is 1. The molecule has 0 radical (unpaired) electrons. The largest absolute Gasteiger partial charge is 0.288 e. The molecule has 0 fully saturated rings. The second-order valence-corrected chi connectivity index (χ2v) is 8.54. The molecule has 0 aliphatic heterocycles. The summed E-state index contributed by atoms with van der Waals surface area (Å²) in [5, 5.41) is 0. The molecule has 114 valence electrons. The number of anilines is 1. The third-order valence-corrected chi connectivity index (χ3v) is 6.62. The zero-order valence-corrected chi connectivity index (χ0v) is 13.7. The summed E-state index contributed by atoms with van der Waals surface area (Å²) in [5.74, 6) is -0.648. The summed E-state index contributed by atoms with van der Waals surface area (Å²) >= 11 is 2.08. The lowest BCUT2D eigenvalue weighted by Gasteiger charge is -2.11. The fourth-order valence-corrected chi connectivity index (χ4v) is 5.48. The van der Waals surface area contributed by atoms with E-state index in [0.717, 1.165) is 27.4 Å². The molecule has 0 unspecified atom stereocenters. The molecule has 22 heavy (non-hydrogen) atoms. The number of aryl methyl sites for hydroxylation is 1. The Morgan fingerprint density at radius 2 is 1.73 bits per heavy atom. The third-order valence-electron chi connectivity index (χ3n) is 3.04. The summed E-state index contributed by atoms with van der Waals surface area (Å²) in [5.41, 5.74) is 0.394. The number of benzene rings is 2. The van der Waals surface area contributed by atoms with E-state index in [9.17, 15) is 17.6 Å². The lowest BCUT2D eigenvalue weighted by atomic mass is 10.2. The molecule has 0 bridgehead atoms. The monoisotopic (exact) mass is 355 g/mol. The predicted molar refractivity (Wildman–Crippen MR) is 87.9 cm³/mol. The Balaban J connectivity index is 2.10. The van der Waals surface area contributed by atoms with Gasteiger partial charge in [-0.1, -0.05) is 34.8 Å². The summed E-state index contributed by atoms with van der Waals surface area (Å²) in [7, 11) is -3.93. The van der Waals surface area contributed by atoms with Crippen molar-refractivity contribution in [2.24, 2.45) is 0 Å². The molecule has 1 N–H and O–H groups in total. The van der Waals surface area contributed by atoms with E-state index < -0.39 is 15.8 Å². The van der Waals surface area contributed by atoms with Gasteiger partial charge in [0.1, 0.15) is 5.82 Å². The van der Waals surface area contributed by atoms with Crippen LogP contribution in [0, 0.1) is 12.7 Å². The summed E-state index contributed by atoms with van der Waals surface area (Å²) in [4.78, 5) is 11.5. The van der Waals surface area contributed by atoms with Crippen molar-refractivity contribution in [1.82, 2.24) is 0 Å². The molecule has 4 nitrogen and oxygen atoms in total. The molecule has 3 aromatic rings. The van der Waals surface area contributed by atoms with E-state index in [1.807, 2.05) is 0 Å². The maximum absolute atomic E-state index is 13.6. The van der Waals surface area contributed by atoms with E-state index in [0.29, 0.717) is 10.3 Å². The molecule has 1 aromatic heterocycles. The fraction of sp³-hybridized carbons (Fsp3) is 0.0714. The first-order chi connectivity index (χ1) is 10.4. The number of nitrogens with one attached hydrogen (secondary N) is 1. The Morgan fingerprint density at radius 3 is 2.41 bits per heavy atom. The van der Waals surface area contributed by atoms with E-state index in [2.05, 4.69) is 4.72 Å². The number of fused-ring (bicyclic) bond motifs is 1. The molecule has 0 aliphatic carbocycles. The first-order valence-electron chi connectivity index (χ1n) is 6.18. The Bertz CT molecular complexity index is 1020. The van der Waals surface area contributed by atoms with Crippen LogP contribution in [-0.2, 0) is 10.0 Å². The van der Waals surface area contributed by atoms with Crippen LogP contribution in [0.4, 0.5) is 10.1 Å². The van der Waals surface area contributed by atoms with Crippen LogP contribution in [0.5, 0.6) is 0 Å². The normalized spacial score (nSPS) is 11.7. The van der Waals surface area contributed by atoms with Crippen molar-refractivity contribution in [3.05, 3.63) is 56.6 Å². The summed E-state index contributed by atoms with van der Waals surface area (Å²) in [6.07, 6.45) is 0. The molecule has 0 amide bonds. The van der Waals surface area contributed by atoms with Gasteiger partial charge in [-0.25, -0.2) is 12.8 Å². The standard InChI is InChI=1S/C14H10FNO3S3/c1-8-6-11-12(21-14(17)20-11)7-13(8)22(18,19)16-10-5-3-2-4-9(10)15/h2-7,16H,1H3. The Morgan fingerprint density at radius 1 is 1.09 bits per heavy atom. The molecule has 8 heteroatoms. The van der Waals surface area contributed by atoms with Crippen molar-refractivity contribution in [2.75, 3.05) is 4.72 Å². The summed E-state index contributed by atoms with van der Waals surface area (Å²) in [6, 6.07) is 8.67. The van der Waals surface area contributed by atoms with Crippen molar-refractivity contribution >= 4 is 47.8 Å². The van der Waals surface area contributed by atoms with Crippen LogP contribution in [0.2, 0.25) is 0 Å². The average Bonchev–Trinajstić information content (AvgIpc) is 2.79. The second kappa shape index (κ2) is 5.45. The van der Waals surface area contributed by atoms with Crippen LogP contribution >= 0.6 is 22.7 Å². The fourth-order valence-electron chi connectivity index (χ4n) is 2.04. The van der Waals surface area contributed by atoms with Crippen molar-refractivity contribution in [3.8, 4) is 0 Å². The highest BCUT2D eigenvalue weighted by atomic mass is 32.2. The lowest BCUT2D eigenvalue weighted by Crippen LogP contribution is -2.15. The third kappa shape index (κ3) is 2.77. The van der Waals surface area contributed by atoms with Crippen LogP contribution in [0.1, 0.15) is 5.56 Å². The number of sulfonamides is 1. The molecular weight excluding hydrogens is 345 g/mol. The van der Waals surface area contributed by atoms with E-state index in [4.69, 9.17) is 0 Å². The highest BCUT2D eigenvalue weighted by Crippen LogP contribution is 2.29. The summed E-state index contributed by atoms with van der Waals surface area (Å²) < 4.78 is 42.1. The van der Waals surface area contributed by atoms with Gasteiger partial charge in [0, 0.05) is 4.70 Å². The molecule has 3 rings (SSSR count). The number of hydrogen-bond donors (Lipinski definition) is 1. The molecule has 1 heterocycles. The summed E-state index contributed by atoms with van der Waals surface area (Å²) in [6.45, 7) is 1.64. The minimum absolute atomic E-state index is 0.0392. The van der Waals surface area contributed by atoms with Crippen LogP contribution < -0.4 is 8.78 Å². The van der Waals surface area contributed by atoms with Gasteiger partial charge in [0.05, 0.1) is 15.3 Å².